The topological polar surface area (TPSA) is 56.2 Å². The van der Waals surface area contributed by atoms with E-state index >= 15 is 0 Å². The second kappa shape index (κ2) is 9.49. The molecule has 7 heteroatoms. The number of aliphatic imine (C=N–C) groups is 1. The molecule has 0 aliphatic carbocycles. The molecule has 180 valence electrons. The van der Waals surface area contributed by atoms with Crippen LogP contribution in [0.25, 0.3) is 0 Å². The van der Waals surface area contributed by atoms with Crippen LogP contribution in [-0.4, -0.2) is 82.1 Å². The molecule has 0 spiro atoms. The number of likely N-dealkylation sites (tertiary alicyclic amines) is 1. The third-order valence-corrected chi connectivity index (χ3v) is 9.31. The van der Waals surface area contributed by atoms with Crippen LogP contribution in [0.1, 0.15) is 77.2 Å². The minimum Gasteiger partial charge on any atom is -0.352 e. The van der Waals surface area contributed by atoms with Gasteiger partial charge in [-0.1, -0.05) is 0 Å². The number of amidine groups is 1. The van der Waals surface area contributed by atoms with Gasteiger partial charge in [-0.05, 0) is 87.2 Å². The fourth-order valence-corrected chi connectivity index (χ4v) is 7.86. The molecule has 5 heterocycles. The summed E-state index contributed by atoms with van der Waals surface area (Å²) in [4.78, 5) is 36.2. The molecule has 3 fully saturated rings. The second-order valence-electron chi connectivity index (χ2n) is 10.7. The molecule has 0 saturated carbocycles. The van der Waals surface area contributed by atoms with Crippen molar-refractivity contribution in [3.8, 4) is 0 Å². The van der Waals surface area contributed by atoms with Crippen LogP contribution in [0.2, 0.25) is 0 Å². The maximum absolute atomic E-state index is 11.9. The Morgan fingerprint density at radius 2 is 1.91 bits per heavy atom. The Morgan fingerprint density at radius 1 is 1.15 bits per heavy atom. The van der Waals surface area contributed by atoms with Gasteiger partial charge >= 0.3 is 0 Å². The van der Waals surface area contributed by atoms with Crippen molar-refractivity contribution in [2.45, 2.75) is 102 Å². The highest BCUT2D eigenvalue weighted by Crippen LogP contribution is 2.41. The van der Waals surface area contributed by atoms with Crippen LogP contribution in [0.5, 0.6) is 0 Å². The average molecular weight is 471 g/mol. The lowest BCUT2D eigenvalue weighted by Crippen LogP contribution is -2.57. The van der Waals surface area contributed by atoms with Crippen LogP contribution in [0, 0.1) is 0 Å². The van der Waals surface area contributed by atoms with Gasteiger partial charge in [-0.25, -0.2) is 0 Å². The molecule has 3 saturated heterocycles. The number of carbonyl (C=O) groups is 2. The van der Waals surface area contributed by atoms with Crippen molar-refractivity contribution in [1.82, 2.24) is 14.7 Å². The van der Waals surface area contributed by atoms with Gasteiger partial charge in [-0.2, -0.15) is 11.3 Å². The Morgan fingerprint density at radius 3 is 2.55 bits per heavy atom. The van der Waals surface area contributed by atoms with E-state index in [0.29, 0.717) is 42.3 Å². The molecule has 0 aromatic carbocycles. The van der Waals surface area contributed by atoms with E-state index in [4.69, 9.17) is 4.99 Å². The lowest BCUT2D eigenvalue weighted by atomic mass is 9.89. The molecule has 33 heavy (non-hydrogen) atoms. The summed E-state index contributed by atoms with van der Waals surface area (Å²) >= 11 is 1.73. The van der Waals surface area contributed by atoms with E-state index < -0.39 is 0 Å². The number of hydrogen-bond donors (Lipinski definition) is 0. The predicted molar refractivity (Wildman–Crippen MR) is 133 cm³/mol. The van der Waals surface area contributed by atoms with E-state index in [-0.39, 0.29) is 11.9 Å². The molecule has 1 aromatic rings. The SMILES string of the molecule is CC(=O)C[C@@H](CCN1C2CCC1CC(N1C(C)=NC3CN(C(C)=O)CCC31)C2)c1ccsc1. The van der Waals surface area contributed by atoms with Crippen molar-refractivity contribution in [2.24, 2.45) is 4.99 Å². The first-order valence-electron chi connectivity index (χ1n) is 12.8. The first-order chi connectivity index (χ1) is 15.9. The molecule has 0 radical (unpaired) electrons. The standard InChI is InChI=1S/C26H38N4O2S/c1-17(31)12-20(21-8-11-33-16-21)6-10-29-22-4-5-23(29)14-24(13-22)30-18(2)27-25-15-28(19(3)32)9-7-26(25)30/h8,11,16,20,22-26H,4-7,9-10,12-15H2,1-3H3/t20-,22?,23?,24?,25?,26?/m1/s1. The largest absolute Gasteiger partial charge is 0.352 e. The van der Waals surface area contributed by atoms with E-state index in [9.17, 15) is 9.59 Å². The van der Waals surface area contributed by atoms with Crippen LogP contribution in [-0.2, 0) is 9.59 Å². The summed E-state index contributed by atoms with van der Waals surface area (Å²) in [6.45, 7) is 8.32. The monoisotopic (exact) mass is 470 g/mol. The Balaban J connectivity index is 1.21. The maximum Gasteiger partial charge on any atom is 0.219 e. The molecule has 5 atom stereocenters. The lowest BCUT2D eigenvalue weighted by molar-refractivity contribution is -0.130. The maximum atomic E-state index is 11.9. The molecule has 4 aliphatic heterocycles. The van der Waals surface area contributed by atoms with Gasteiger partial charge in [0.15, 0.2) is 0 Å². The number of ketones is 1. The van der Waals surface area contributed by atoms with Crippen LogP contribution < -0.4 is 0 Å². The summed E-state index contributed by atoms with van der Waals surface area (Å²) in [5.74, 6) is 2.01. The van der Waals surface area contributed by atoms with Gasteiger partial charge in [0.05, 0.1) is 17.9 Å². The third-order valence-electron chi connectivity index (χ3n) is 8.61. The smallest absolute Gasteiger partial charge is 0.219 e. The van der Waals surface area contributed by atoms with Crippen molar-refractivity contribution < 1.29 is 9.59 Å². The Bertz CT molecular complexity index is 886. The van der Waals surface area contributed by atoms with Crippen molar-refractivity contribution >= 4 is 28.9 Å². The number of nitrogens with zero attached hydrogens (tertiary/aromatic N) is 4. The minimum atomic E-state index is 0.177. The fraction of sp³-hybridized carbons (Fsp3) is 0.731. The van der Waals surface area contributed by atoms with Gasteiger partial charge in [0.1, 0.15) is 5.78 Å². The molecular weight excluding hydrogens is 432 g/mol. The van der Waals surface area contributed by atoms with Crippen molar-refractivity contribution in [1.29, 1.82) is 0 Å². The fourth-order valence-electron chi connectivity index (χ4n) is 7.12. The minimum absolute atomic E-state index is 0.177. The van der Waals surface area contributed by atoms with Gasteiger partial charge < -0.3 is 14.6 Å². The number of Topliss-reactive ketones (excluding diaryl/α,β-unsaturated/α-hetero) is 1. The van der Waals surface area contributed by atoms with Gasteiger partial charge in [0.25, 0.3) is 0 Å². The van der Waals surface area contributed by atoms with E-state index in [1.807, 2.05) is 4.90 Å². The Labute approximate surface area is 202 Å². The number of piperidine rings is 2. The van der Waals surface area contributed by atoms with E-state index in [1.165, 1.54) is 37.1 Å². The molecule has 2 bridgehead atoms. The molecule has 4 aliphatic rings. The predicted octanol–water partition coefficient (Wildman–Crippen LogP) is 3.92. The van der Waals surface area contributed by atoms with Crippen LogP contribution in [0.4, 0.5) is 0 Å². The van der Waals surface area contributed by atoms with Crippen LogP contribution in [0.3, 0.4) is 0 Å². The van der Waals surface area contributed by atoms with Crippen LogP contribution in [0.15, 0.2) is 21.8 Å². The van der Waals surface area contributed by atoms with Crippen molar-refractivity contribution in [3.63, 3.8) is 0 Å². The summed E-state index contributed by atoms with van der Waals surface area (Å²) in [5, 5.41) is 4.35. The number of rotatable bonds is 7. The molecule has 1 aromatic heterocycles. The summed E-state index contributed by atoms with van der Waals surface area (Å²) in [5.41, 5.74) is 1.34. The average Bonchev–Trinajstić information content (AvgIpc) is 3.46. The quantitative estimate of drug-likeness (QED) is 0.606. The number of carbonyl (C=O) groups excluding carboxylic acids is 2. The summed E-state index contributed by atoms with van der Waals surface area (Å²) in [6, 6.07) is 4.79. The summed E-state index contributed by atoms with van der Waals surface area (Å²) in [6.07, 6.45) is 7.81. The number of fused-ring (bicyclic) bond motifs is 3. The lowest BCUT2D eigenvalue weighted by Gasteiger charge is -2.47. The van der Waals surface area contributed by atoms with Gasteiger partial charge in [0, 0.05) is 44.6 Å². The first-order valence-corrected chi connectivity index (χ1v) is 13.7. The normalized spacial score (nSPS) is 32.6. The van der Waals surface area contributed by atoms with Gasteiger partial charge in [-0.3, -0.25) is 14.7 Å². The zero-order chi connectivity index (χ0) is 23.1. The molecular formula is C26H38N4O2S. The Hall–Kier alpha value is -1.73. The molecule has 6 nitrogen and oxygen atoms in total. The highest BCUT2D eigenvalue weighted by atomic mass is 32.1. The molecule has 1 amide bonds. The zero-order valence-electron chi connectivity index (χ0n) is 20.3. The van der Waals surface area contributed by atoms with Crippen molar-refractivity contribution in [2.75, 3.05) is 19.6 Å². The Kier molecular flexibility index (Phi) is 6.62. The van der Waals surface area contributed by atoms with Gasteiger partial charge in [-0.15, -0.1) is 0 Å². The molecule has 5 rings (SSSR count). The first kappa shape index (κ1) is 23.0. The number of hydrogen-bond acceptors (Lipinski definition) is 6. The van der Waals surface area contributed by atoms with E-state index in [1.54, 1.807) is 25.2 Å². The molecule has 4 unspecified atom stereocenters. The van der Waals surface area contributed by atoms with Gasteiger partial charge in [0.2, 0.25) is 5.91 Å². The summed E-state index contributed by atoms with van der Waals surface area (Å²) < 4.78 is 0. The third kappa shape index (κ3) is 4.63. The number of thiophene rings is 1. The molecule has 0 N–H and O–H groups in total. The van der Waals surface area contributed by atoms with Crippen LogP contribution >= 0.6 is 11.3 Å². The highest BCUT2D eigenvalue weighted by molar-refractivity contribution is 7.08. The highest BCUT2D eigenvalue weighted by Gasteiger charge is 2.47. The van der Waals surface area contributed by atoms with E-state index in [0.717, 1.165) is 32.5 Å². The summed E-state index contributed by atoms with van der Waals surface area (Å²) in [7, 11) is 0. The van der Waals surface area contributed by atoms with E-state index in [2.05, 4.69) is 33.6 Å². The zero-order valence-corrected chi connectivity index (χ0v) is 21.1. The van der Waals surface area contributed by atoms with Crippen molar-refractivity contribution in [3.05, 3.63) is 22.4 Å². The second-order valence-corrected chi connectivity index (χ2v) is 11.4. The number of amides is 1.